The Balaban J connectivity index is 1.65. The van der Waals surface area contributed by atoms with Gasteiger partial charge in [0.15, 0.2) is 5.13 Å². The van der Waals surface area contributed by atoms with E-state index in [4.69, 9.17) is 4.74 Å². The van der Waals surface area contributed by atoms with Crippen LogP contribution in [0.25, 0.3) is 21.3 Å². The zero-order valence-corrected chi connectivity index (χ0v) is 13.6. The first-order valence-corrected chi connectivity index (χ1v) is 8.31. The summed E-state index contributed by atoms with van der Waals surface area (Å²) in [4.78, 5) is 20.4. The first-order chi connectivity index (χ1) is 11.7. The van der Waals surface area contributed by atoms with E-state index in [0.29, 0.717) is 11.6 Å². The van der Waals surface area contributed by atoms with Crippen LogP contribution in [0, 0.1) is 5.92 Å². The minimum Gasteiger partial charge on any atom is -0.496 e. The van der Waals surface area contributed by atoms with Crippen LogP contribution in [-0.2, 0) is 4.79 Å². The number of thiazole rings is 1. The normalized spacial score (nSPS) is 19.2. The summed E-state index contributed by atoms with van der Waals surface area (Å²) in [6.07, 6.45) is 2.72. The van der Waals surface area contributed by atoms with Gasteiger partial charge in [-0.3, -0.25) is 9.78 Å². The van der Waals surface area contributed by atoms with Gasteiger partial charge in [0.25, 0.3) is 0 Å². The number of hydrogen-bond donors (Lipinski definition) is 1. The summed E-state index contributed by atoms with van der Waals surface area (Å²) >= 11 is 1.37. The van der Waals surface area contributed by atoms with Crippen LogP contribution >= 0.6 is 11.3 Å². The van der Waals surface area contributed by atoms with Gasteiger partial charge in [0.05, 0.1) is 23.2 Å². The molecule has 1 amide bonds. The van der Waals surface area contributed by atoms with Crippen molar-refractivity contribution in [3.05, 3.63) is 36.7 Å². The third-order valence-electron chi connectivity index (χ3n) is 3.98. The van der Waals surface area contributed by atoms with E-state index < -0.39 is 12.1 Å². The number of anilines is 1. The topological polar surface area (TPSA) is 64.1 Å². The Hall–Kier alpha value is -2.54. The van der Waals surface area contributed by atoms with Gasteiger partial charge in [0.2, 0.25) is 5.91 Å². The summed E-state index contributed by atoms with van der Waals surface area (Å²) in [5.41, 5.74) is 2.63. The fourth-order valence-electron chi connectivity index (χ4n) is 2.56. The second-order valence-corrected chi connectivity index (χ2v) is 6.66. The van der Waals surface area contributed by atoms with Crippen LogP contribution < -0.4 is 10.1 Å². The molecule has 0 aliphatic heterocycles. The van der Waals surface area contributed by atoms with Crippen molar-refractivity contribution in [3.8, 4) is 16.9 Å². The van der Waals surface area contributed by atoms with Crippen LogP contribution in [0.2, 0.25) is 0 Å². The molecule has 1 aliphatic rings. The summed E-state index contributed by atoms with van der Waals surface area (Å²) in [6.45, 7) is 0. The summed E-state index contributed by atoms with van der Waals surface area (Å²) in [5.74, 6) is -0.0759. The number of pyridine rings is 1. The maximum absolute atomic E-state index is 12.9. The number of hydrogen-bond acceptors (Lipinski definition) is 5. The molecular formula is C17H14FN3O2S. The number of halogens is 1. The Morgan fingerprint density at radius 1 is 1.42 bits per heavy atom. The molecule has 1 aliphatic carbocycles. The zero-order valence-electron chi connectivity index (χ0n) is 12.8. The van der Waals surface area contributed by atoms with Gasteiger partial charge in [-0.1, -0.05) is 17.4 Å². The van der Waals surface area contributed by atoms with Crippen molar-refractivity contribution in [1.29, 1.82) is 0 Å². The van der Waals surface area contributed by atoms with Gasteiger partial charge < -0.3 is 10.1 Å². The van der Waals surface area contributed by atoms with Crippen molar-refractivity contribution in [2.75, 3.05) is 12.4 Å². The highest BCUT2D eigenvalue weighted by molar-refractivity contribution is 7.22. The largest absolute Gasteiger partial charge is 0.496 e. The SMILES string of the molecule is COc1ccncc1-c1ccc2nc(NC(=O)[C@@H]3C[C@@H]3F)sc2c1. The summed E-state index contributed by atoms with van der Waals surface area (Å²) in [7, 11) is 1.62. The van der Waals surface area contributed by atoms with Crippen LogP contribution in [-0.4, -0.2) is 29.2 Å². The average Bonchev–Trinajstić information content (AvgIpc) is 3.20. The van der Waals surface area contributed by atoms with Crippen LogP contribution in [0.5, 0.6) is 5.75 Å². The molecule has 1 saturated carbocycles. The summed E-state index contributed by atoms with van der Waals surface area (Å²) in [6, 6.07) is 7.61. The van der Waals surface area contributed by atoms with Crippen LogP contribution in [0.1, 0.15) is 6.42 Å². The lowest BCUT2D eigenvalue weighted by Gasteiger charge is -2.07. The third kappa shape index (κ3) is 2.71. The standard InChI is InChI=1S/C17H14FN3O2S/c1-23-14-4-5-19-8-11(14)9-2-3-13-15(6-9)24-17(20-13)21-16(22)10-7-12(10)18/h2-6,8,10,12H,7H2,1H3,(H,20,21,22)/t10-,12+/m1/s1. The Labute approximate surface area is 141 Å². The molecule has 2 atom stereocenters. The molecule has 1 aromatic carbocycles. The molecule has 0 radical (unpaired) electrons. The lowest BCUT2D eigenvalue weighted by Crippen LogP contribution is -2.14. The number of amides is 1. The maximum atomic E-state index is 12.9. The summed E-state index contributed by atoms with van der Waals surface area (Å²) < 4.78 is 19.2. The highest BCUT2D eigenvalue weighted by atomic mass is 32.1. The fraction of sp³-hybridized carbons (Fsp3) is 0.235. The van der Waals surface area contributed by atoms with Crippen LogP contribution in [0.4, 0.5) is 9.52 Å². The first kappa shape index (κ1) is 15.0. The molecule has 3 aromatic rings. The van der Waals surface area contributed by atoms with Gasteiger partial charge in [-0.25, -0.2) is 9.37 Å². The fourth-order valence-corrected chi connectivity index (χ4v) is 3.46. The predicted molar refractivity (Wildman–Crippen MR) is 91.0 cm³/mol. The number of fused-ring (bicyclic) bond motifs is 1. The lowest BCUT2D eigenvalue weighted by molar-refractivity contribution is -0.117. The van der Waals surface area contributed by atoms with E-state index in [2.05, 4.69) is 15.3 Å². The number of ether oxygens (including phenoxy) is 1. The number of rotatable bonds is 4. The molecule has 2 heterocycles. The van der Waals surface area contributed by atoms with Crippen LogP contribution in [0.15, 0.2) is 36.7 Å². The van der Waals surface area contributed by atoms with Crippen molar-refractivity contribution >= 4 is 32.6 Å². The van der Waals surface area contributed by atoms with Crippen LogP contribution in [0.3, 0.4) is 0 Å². The quantitative estimate of drug-likeness (QED) is 0.785. The second kappa shape index (κ2) is 5.83. The second-order valence-electron chi connectivity index (χ2n) is 5.62. The molecule has 4 rings (SSSR count). The predicted octanol–water partition coefficient (Wildman–Crippen LogP) is 3.66. The maximum Gasteiger partial charge on any atom is 0.232 e. The molecule has 24 heavy (non-hydrogen) atoms. The highest BCUT2D eigenvalue weighted by Crippen LogP contribution is 2.37. The minimum atomic E-state index is -1.01. The molecule has 0 saturated heterocycles. The minimum absolute atomic E-state index is 0.296. The van der Waals surface area contributed by atoms with Gasteiger partial charge in [0.1, 0.15) is 11.9 Å². The van der Waals surface area contributed by atoms with E-state index in [1.807, 2.05) is 18.2 Å². The van der Waals surface area contributed by atoms with E-state index in [-0.39, 0.29) is 5.91 Å². The van der Waals surface area contributed by atoms with Crippen molar-refractivity contribution in [2.45, 2.75) is 12.6 Å². The summed E-state index contributed by atoms with van der Waals surface area (Å²) in [5, 5.41) is 3.19. The van der Waals surface area contributed by atoms with Crippen molar-refractivity contribution in [2.24, 2.45) is 5.92 Å². The van der Waals surface area contributed by atoms with Gasteiger partial charge in [0, 0.05) is 18.0 Å². The number of carbonyl (C=O) groups is 1. The first-order valence-electron chi connectivity index (χ1n) is 7.49. The molecule has 5 nitrogen and oxygen atoms in total. The molecular weight excluding hydrogens is 329 g/mol. The smallest absolute Gasteiger partial charge is 0.232 e. The van der Waals surface area contributed by atoms with Gasteiger partial charge in [-0.15, -0.1) is 0 Å². The van der Waals surface area contributed by atoms with Gasteiger partial charge >= 0.3 is 0 Å². The molecule has 0 spiro atoms. The lowest BCUT2D eigenvalue weighted by atomic mass is 10.1. The Bertz CT molecular complexity index is 927. The van der Waals surface area contributed by atoms with E-state index in [0.717, 1.165) is 27.1 Å². The number of carbonyl (C=O) groups excluding carboxylic acids is 1. The number of aromatic nitrogens is 2. The molecule has 2 aromatic heterocycles. The molecule has 1 fully saturated rings. The number of methoxy groups -OCH3 is 1. The van der Waals surface area contributed by atoms with Crippen molar-refractivity contribution in [1.82, 2.24) is 9.97 Å². The number of alkyl halides is 1. The van der Waals surface area contributed by atoms with Crippen molar-refractivity contribution in [3.63, 3.8) is 0 Å². The third-order valence-corrected chi connectivity index (χ3v) is 4.91. The average molecular weight is 343 g/mol. The number of nitrogens with one attached hydrogen (secondary N) is 1. The van der Waals surface area contributed by atoms with Gasteiger partial charge in [-0.2, -0.15) is 0 Å². The van der Waals surface area contributed by atoms with Crippen molar-refractivity contribution < 1.29 is 13.9 Å². The van der Waals surface area contributed by atoms with E-state index in [9.17, 15) is 9.18 Å². The highest BCUT2D eigenvalue weighted by Gasteiger charge is 2.43. The van der Waals surface area contributed by atoms with Gasteiger partial charge in [-0.05, 0) is 30.2 Å². The zero-order chi connectivity index (χ0) is 16.7. The van der Waals surface area contributed by atoms with E-state index >= 15 is 0 Å². The molecule has 7 heteroatoms. The Kier molecular flexibility index (Phi) is 3.65. The van der Waals surface area contributed by atoms with E-state index in [1.54, 1.807) is 25.6 Å². The monoisotopic (exact) mass is 343 g/mol. The Morgan fingerprint density at radius 2 is 2.25 bits per heavy atom. The molecule has 122 valence electrons. The molecule has 0 unspecified atom stereocenters. The number of nitrogens with zero attached hydrogens (tertiary/aromatic N) is 2. The molecule has 1 N–H and O–H groups in total. The van der Waals surface area contributed by atoms with E-state index in [1.165, 1.54) is 11.3 Å². The Morgan fingerprint density at radius 3 is 3.00 bits per heavy atom. The number of benzene rings is 1. The molecule has 0 bridgehead atoms.